The summed E-state index contributed by atoms with van der Waals surface area (Å²) in [6.07, 6.45) is 0.514. The second-order valence-corrected chi connectivity index (χ2v) is 9.51. The molecule has 4 unspecified atom stereocenters. The van der Waals surface area contributed by atoms with Crippen LogP contribution in [0.5, 0.6) is 5.75 Å². The lowest BCUT2D eigenvalue weighted by Crippen LogP contribution is -2.57. The fraction of sp³-hybridized carbons (Fsp3) is 0.520. The largest absolute Gasteiger partial charge is 0.508 e. The van der Waals surface area contributed by atoms with E-state index >= 15 is 0 Å². The predicted octanol–water partition coefficient (Wildman–Crippen LogP) is -1.77. The van der Waals surface area contributed by atoms with Crippen LogP contribution in [0.4, 0.5) is 0 Å². The summed E-state index contributed by atoms with van der Waals surface area (Å²) >= 11 is 0. The molecule has 15 nitrogen and oxygen atoms in total. The number of amides is 3. The van der Waals surface area contributed by atoms with Crippen molar-refractivity contribution in [1.29, 1.82) is 0 Å². The zero-order chi connectivity index (χ0) is 29.8. The Bertz CT molecular complexity index is 1090. The number of nitrogens with one attached hydrogen (secondary N) is 2. The maximum Gasteiger partial charge on any atom is 0.326 e. The molecule has 1 saturated heterocycles. The summed E-state index contributed by atoms with van der Waals surface area (Å²) in [4.78, 5) is 67.3. The molecular weight excluding hydrogens is 526 g/mol. The molecule has 0 saturated carbocycles. The van der Waals surface area contributed by atoms with Crippen LogP contribution < -0.4 is 27.8 Å². The number of carboxylic acids is 2. The maximum absolute atomic E-state index is 13.4. The number of benzene rings is 1. The Morgan fingerprint density at radius 3 is 2.25 bits per heavy atom. The van der Waals surface area contributed by atoms with Gasteiger partial charge in [0.1, 0.15) is 23.9 Å². The highest BCUT2D eigenvalue weighted by atomic mass is 16.4. The number of hydrogen-bond donors (Lipinski definition) is 8. The number of aromatic hydroxyl groups is 1. The van der Waals surface area contributed by atoms with Gasteiger partial charge in [0.05, 0.1) is 6.04 Å². The van der Waals surface area contributed by atoms with Crippen LogP contribution >= 0.6 is 0 Å². The summed E-state index contributed by atoms with van der Waals surface area (Å²) < 4.78 is 0. The molecule has 0 spiro atoms. The van der Waals surface area contributed by atoms with Gasteiger partial charge in [0.15, 0.2) is 5.96 Å². The molecule has 11 N–H and O–H groups in total. The van der Waals surface area contributed by atoms with Crippen LogP contribution in [0.1, 0.15) is 44.1 Å². The Morgan fingerprint density at radius 1 is 1.00 bits per heavy atom. The lowest BCUT2D eigenvalue weighted by atomic mass is 10.0. The molecule has 1 heterocycles. The van der Waals surface area contributed by atoms with Crippen molar-refractivity contribution in [2.24, 2.45) is 22.2 Å². The van der Waals surface area contributed by atoms with Gasteiger partial charge in [0.25, 0.3) is 0 Å². The van der Waals surface area contributed by atoms with Crippen molar-refractivity contribution in [3.63, 3.8) is 0 Å². The molecule has 0 aromatic heterocycles. The molecule has 1 aliphatic rings. The van der Waals surface area contributed by atoms with Crippen molar-refractivity contribution in [3.8, 4) is 5.75 Å². The fourth-order valence-corrected chi connectivity index (χ4v) is 4.29. The van der Waals surface area contributed by atoms with E-state index in [1.54, 1.807) is 12.1 Å². The van der Waals surface area contributed by atoms with Gasteiger partial charge in [0.2, 0.25) is 17.7 Å². The van der Waals surface area contributed by atoms with E-state index in [-0.39, 0.29) is 50.5 Å². The summed E-state index contributed by atoms with van der Waals surface area (Å²) in [5, 5.41) is 33.3. The van der Waals surface area contributed by atoms with E-state index in [1.807, 2.05) is 0 Å². The first kappa shape index (κ1) is 31.8. The number of nitrogens with zero attached hydrogens (tertiary/aromatic N) is 2. The number of carboxylic acid groups (broad SMARTS) is 2. The SMILES string of the molecule is NC(N)=NCCCC(N)C(=O)NC(CCC(=O)O)C(=O)NC(Cc1ccc(O)cc1)C(=O)N1CCCC1C(=O)O. The zero-order valence-electron chi connectivity index (χ0n) is 22.0. The summed E-state index contributed by atoms with van der Waals surface area (Å²) in [5.74, 6) is -4.65. The standard InChI is InChI=1S/C25H37N7O8/c26-16(3-1-11-29-25(27)28)21(36)30-17(9-10-20(34)35)22(37)31-18(13-14-5-7-15(33)8-6-14)23(38)32-12-2-4-19(32)24(39)40/h5-8,16-19,33H,1-4,9-13,26H2,(H,30,36)(H,31,37)(H,34,35)(H,39,40)(H4,27,28,29). The smallest absolute Gasteiger partial charge is 0.326 e. The number of carbonyl (C=O) groups excluding carboxylic acids is 3. The topological polar surface area (TPSA) is 264 Å². The molecule has 0 bridgehead atoms. The average Bonchev–Trinajstić information content (AvgIpc) is 3.39. The third kappa shape index (κ3) is 10.1. The molecule has 4 atom stereocenters. The van der Waals surface area contributed by atoms with Gasteiger partial charge in [-0.15, -0.1) is 0 Å². The van der Waals surface area contributed by atoms with Gasteiger partial charge in [-0.1, -0.05) is 12.1 Å². The van der Waals surface area contributed by atoms with E-state index < -0.39 is 60.2 Å². The average molecular weight is 564 g/mol. The van der Waals surface area contributed by atoms with Crippen LogP contribution in [0.15, 0.2) is 29.3 Å². The van der Waals surface area contributed by atoms with Crippen LogP contribution in [-0.4, -0.2) is 93.1 Å². The minimum absolute atomic E-state index is 0.00719. The van der Waals surface area contributed by atoms with Gasteiger partial charge < -0.3 is 48.1 Å². The van der Waals surface area contributed by atoms with Gasteiger partial charge in [-0.05, 0) is 49.8 Å². The molecule has 220 valence electrons. The summed E-state index contributed by atoms with van der Waals surface area (Å²) in [6.45, 7) is 0.423. The summed E-state index contributed by atoms with van der Waals surface area (Å²) in [7, 11) is 0. The highest BCUT2D eigenvalue weighted by molar-refractivity contribution is 5.94. The lowest BCUT2D eigenvalue weighted by Gasteiger charge is -2.29. The quantitative estimate of drug-likeness (QED) is 0.0672. The molecule has 1 fully saturated rings. The minimum atomic E-state index is -1.34. The first-order valence-corrected chi connectivity index (χ1v) is 12.8. The number of rotatable bonds is 15. The zero-order valence-corrected chi connectivity index (χ0v) is 22.0. The number of phenolic OH excluding ortho intramolecular Hbond substituents is 1. The van der Waals surface area contributed by atoms with Gasteiger partial charge in [-0.3, -0.25) is 24.2 Å². The molecule has 15 heteroatoms. The summed E-state index contributed by atoms with van der Waals surface area (Å²) in [6, 6.07) is 1.25. The second-order valence-electron chi connectivity index (χ2n) is 9.51. The Balaban J connectivity index is 2.21. The number of phenols is 1. The summed E-state index contributed by atoms with van der Waals surface area (Å²) in [5.41, 5.74) is 17.0. The first-order valence-electron chi connectivity index (χ1n) is 12.8. The van der Waals surface area contributed by atoms with Gasteiger partial charge in [0, 0.05) is 25.9 Å². The van der Waals surface area contributed by atoms with Crippen molar-refractivity contribution < 1.29 is 39.3 Å². The second kappa shape index (κ2) is 15.3. The van der Waals surface area contributed by atoms with Gasteiger partial charge >= 0.3 is 11.9 Å². The van der Waals surface area contributed by atoms with E-state index in [9.17, 15) is 34.2 Å². The van der Waals surface area contributed by atoms with E-state index in [0.717, 1.165) is 0 Å². The van der Waals surface area contributed by atoms with E-state index in [2.05, 4.69) is 15.6 Å². The Morgan fingerprint density at radius 2 is 1.65 bits per heavy atom. The van der Waals surface area contributed by atoms with Crippen molar-refractivity contribution in [1.82, 2.24) is 15.5 Å². The Labute approximate surface area is 230 Å². The van der Waals surface area contributed by atoms with Crippen LogP contribution in [-0.2, 0) is 30.4 Å². The molecular formula is C25H37N7O8. The highest BCUT2D eigenvalue weighted by Crippen LogP contribution is 2.20. The number of aliphatic carboxylic acids is 2. The van der Waals surface area contributed by atoms with Crippen molar-refractivity contribution in [2.75, 3.05) is 13.1 Å². The molecule has 1 aliphatic heterocycles. The number of likely N-dealkylation sites (tertiary alicyclic amines) is 1. The van der Waals surface area contributed by atoms with Crippen LogP contribution in [0.2, 0.25) is 0 Å². The monoisotopic (exact) mass is 563 g/mol. The normalized spacial score (nSPS) is 16.8. The highest BCUT2D eigenvalue weighted by Gasteiger charge is 2.38. The van der Waals surface area contributed by atoms with Gasteiger partial charge in [-0.25, -0.2) is 4.79 Å². The molecule has 1 aromatic carbocycles. The van der Waals surface area contributed by atoms with Crippen LogP contribution in [0.3, 0.4) is 0 Å². The van der Waals surface area contributed by atoms with Crippen molar-refractivity contribution >= 4 is 35.6 Å². The third-order valence-corrected chi connectivity index (χ3v) is 6.40. The molecule has 2 rings (SSSR count). The van der Waals surface area contributed by atoms with Crippen LogP contribution in [0.25, 0.3) is 0 Å². The Kier molecular flexibility index (Phi) is 12.1. The molecule has 1 aromatic rings. The maximum atomic E-state index is 13.4. The number of carbonyl (C=O) groups is 5. The third-order valence-electron chi connectivity index (χ3n) is 6.40. The van der Waals surface area contributed by atoms with Crippen molar-refractivity contribution in [3.05, 3.63) is 29.8 Å². The van der Waals surface area contributed by atoms with E-state index in [4.69, 9.17) is 22.3 Å². The fourth-order valence-electron chi connectivity index (χ4n) is 4.29. The number of nitrogens with two attached hydrogens (primary N) is 3. The van der Waals surface area contributed by atoms with E-state index in [1.165, 1.54) is 17.0 Å². The molecule has 40 heavy (non-hydrogen) atoms. The number of aliphatic imine (C=N–C) groups is 1. The Hall–Kier alpha value is -4.40. The molecule has 0 aliphatic carbocycles. The number of guanidine groups is 1. The lowest BCUT2D eigenvalue weighted by molar-refractivity contribution is -0.149. The van der Waals surface area contributed by atoms with Gasteiger partial charge in [-0.2, -0.15) is 0 Å². The van der Waals surface area contributed by atoms with E-state index in [0.29, 0.717) is 18.4 Å². The van der Waals surface area contributed by atoms with Crippen molar-refractivity contribution in [2.45, 2.75) is 69.1 Å². The minimum Gasteiger partial charge on any atom is -0.508 e. The first-order chi connectivity index (χ1) is 18.9. The predicted molar refractivity (Wildman–Crippen MR) is 143 cm³/mol. The number of hydrogen-bond acceptors (Lipinski definition) is 8. The van der Waals surface area contributed by atoms with Crippen LogP contribution in [0, 0.1) is 0 Å². The molecule has 0 radical (unpaired) electrons. The molecule has 3 amide bonds.